The largest absolute Gasteiger partial charge is 0.432 e. The number of hydrogen-bond donors (Lipinski definition) is 0. The van der Waals surface area contributed by atoms with Crippen LogP contribution in [0.2, 0.25) is 0 Å². The molecule has 82 valence electrons. The topological polar surface area (TPSA) is 12.5 Å². The van der Waals surface area contributed by atoms with Crippen LogP contribution < -0.4 is 4.74 Å². The monoisotopic (exact) mass is 223 g/mol. The quantitative estimate of drug-likeness (QED) is 0.731. The lowest BCUT2D eigenvalue weighted by atomic mass is 10.1. The van der Waals surface area contributed by atoms with Gasteiger partial charge in [-0.25, -0.2) is 0 Å². The predicted octanol–water partition coefficient (Wildman–Crippen LogP) is 2.86. The Morgan fingerprint density at radius 2 is 2.13 bits per heavy atom. The van der Waals surface area contributed by atoms with Crippen molar-refractivity contribution >= 4 is 17.4 Å². The van der Waals surface area contributed by atoms with Crippen molar-refractivity contribution in [1.82, 2.24) is 4.90 Å². The first-order chi connectivity index (χ1) is 7.13. The molecule has 0 saturated carbocycles. The second-order valence-electron chi connectivity index (χ2n) is 3.66. The van der Waals surface area contributed by atoms with Crippen molar-refractivity contribution in [2.24, 2.45) is 0 Å². The fourth-order valence-corrected chi connectivity index (χ4v) is 1.34. The molecule has 2 nitrogen and oxygen atoms in total. The number of thiocarbonyl (C=S) groups is 1. The van der Waals surface area contributed by atoms with Crippen LogP contribution >= 0.6 is 12.2 Å². The highest BCUT2D eigenvalue weighted by Gasteiger charge is 2.02. The van der Waals surface area contributed by atoms with Crippen molar-refractivity contribution in [2.75, 3.05) is 14.1 Å². The average Bonchev–Trinajstić information content (AvgIpc) is 2.18. The number of rotatable bonds is 3. The summed E-state index contributed by atoms with van der Waals surface area (Å²) in [6, 6.07) is 8.07. The van der Waals surface area contributed by atoms with E-state index >= 15 is 0 Å². The second-order valence-corrected chi connectivity index (χ2v) is 4.01. The Kier molecular flexibility index (Phi) is 4.56. The molecule has 0 fully saturated rings. The SMILES string of the molecule is CCCc1cccc(OC(=S)N(C)C)c1. The molecule has 0 unspecified atom stereocenters. The summed E-state index contributed by atoms with van der Waals surface area (Å²) in [5.74, 6) is 0.819. The molecule has 15 heavy (non-hydrogen) atoms. The Morgan fingerprint density at radius 3 is 2.73 bits per heavy atom. The Labute approximate surface area is 96.9 Å². The van der Waals surface area contributed by atoms with Crippen molar-refractivity contribution in [3.05, 3.63) is 29.8 Å². The van der Waals surface area contributed by atoms with Crippen LogP contribution in [0.1, 0.15) is 18.9 Å². The molecule has 0 aliphatic rings. The zero-order valence-corrected chi connectivity index (χ0v) is 10.3. The van der Waals surface area contributed by atoms with E-state index in [1.807, 2.05) is 32.3 Å². The first-order valence-electron chi connectivity index (χ1n) is 5.11. The van der Waals surface area contributed by atoms with Gasteiger partial charge in [0.25, 0.3) is 5.17 Å². The fraction of sp³-hybridized carbons (Fsp3) is 0.417. The van der Waals surface area contributed by atoms with Gasteiger partial charge < -0.3 is 9.64 Å². The summed E-state index contributed by atoms with van der Waals surface area (Å²) in [6.45, 7) is 2.16. The van der Waals surface area contributed by atoms with E-state index in [4.69, 9.17) is 17.0 Å². The lowest BCUT2D eigenvalue weighted by Crippen LogP contribution is -2.24. The predicted molar refractivity (Wildman–Crippen MR) is 67.4 cm³/mol. The number of aryl methyl sites for hydroxylation is 1. The maximum atomic E-state index is 5.52. The number of nitrogens with zero attached hydrogens (tertiary/aromatic N) is 1. The first kappa shape index (κ1) is 12.0. The molecule has 0 bridgehead atoms. The summed E-state index contributed by atoms with van der Waals surface area (Å²) in [7, 11) is 3.75. The van der Waals surface area contributed by atoms with Crippen molar-refractivity contribution in [3.63, 3.8) is 0 Å². The van der Waals surface area contributed by atoms with E-state index < -0.39 is 0 Å². The van der Waals surface area contributed by atoms with Crippen molar-refractivity contribution in [1.29, 1.82) is 0 Å². The van der Waals surface area contributed by atoms with E-state index in [-0.39, 0.29) is 0 Å². The van der Waals surface area contributed by atoms with E-state index in [1.54, 1.807) is 4.90 Å². The van der Waals surface area contributed by atoms with Gasteiger partial charge in [-0.2, -0.15) is 0 Å². The Balaban J connectivity index is 2.69. The summed E-state index contributed by atoms with van der Waals surface area (Å²) in [5.41, 5.74) is 1.29. The van der Waals surface area contributed by atoms with Gasteiger partial charge in [0.2, 0.25) is 0 Å². The van der Waals surface area contributed by atoms with E-state index in [0.717, 1.165) is 18.6 Å². The highest BCUT2D eigenvalue weighted by atomic mass is 32.1. The minimum absolute atomic E-state index is 0.489. The first-order valence-corrected chi connectivity index (χ1v) is 5.52. The highest BCUT2D eigenvalue weighted by Crippen LogP contribution is 2.15. The molecule has 0 amide bonds. The van der Waals surface area contributed by atoms with Gasteiger partial charge >= 0.3 is 0 Å². The zero-order valence-electron chi connectivity index (χ0n) is 9.49. The minimum atomic E-state index is 0.489. The number of benzene rings is 1. The number of ether oxygens (including phenoxy) is 1. The second kappa shape index (κ2) is 5.71. The third-order valence-electron chi connectivity index (χ3n) is 2.01. The Morgan fingerprint density at radius 1 is 1.40 bits per heavy atom. The summed E-state index contributed by atoms with van der Waals surface area (Å²) < 4.78 is 5.52. The van der Waals surface area contributed by atoms with Gasteiger partial charge in [0.1, 0.15) is 5.75 Å². The van der Waals surface area contributed by atoms with Crippen LogP contribution in [0.25, 0.3) is 0 Å². The molecule has 1 rings (SSSR count). The van der Waals surface area contributed by atoms with Crippen LogP contribution in [0.3, 0.4) is 0 Å². The molecule has 3 heteroatoms. The summed E-state index contributed by atoms with van der Waals surface area (Å²) in [4.78, 5) is 1.78. The van der Waals surface area contributed by atoms with Crippen molar-refractivity contribution < 1.29 is 4.74 Å². The third kappa shape index (κ3) is 3.88. The maximum Gasteiger partial charge on any atom is 0.264 e. The van der Waals surface area contributed by atoms with Gasteiger partial charge in [-0.15, -0.1) is 0 Å². The van der Waals surface area contributed by atoms with Gasteiger partial charge in [-0.3, -0.25) is 0 Å². The van der Waals surface area contributed by atoms with Gasteiger partial charge in [0.05, 0.1) is 0 Å². The molecule has 0 aliphatic carbocycles. The lowest BCUT2D eigenvalue weighted by Gasteiger charge is -2.14. The molecule has 0 saturated heterocycles. The van der Waals surface area contributed by atoms with E-state index in [0.29, 0.717) is 5.17 Å². The third-order valence-corrected chi connectivity index (χ3v) is 2.46. The van der Waals surface area contributed by atoms with Crippen molar-refractivity contribution in [2.45, 2.75) is 19.8 Å². The van der Waals surface area contributed by atoms with Crippen LogP contribution in [0, 0.1) is 0 Å². The maximum absolute atomic E-state index is 5.52. The molecule has 0 aromatic heterocycles. The summed E-state index contributed by atoms with van der Waals surface area (Å²) in [5, 5.41) is 0.489. The standard InChI is InChI=1S/C12H17NOS/c1-4-6-10-7-5-8-11(9-10)14-12(15)13(2)3/h5,7-9H,4,6H2,1-3H3. The van der Waals surface area contributed by atoms with Gasteiger partial charge in [-0.05, 0) is 36.3 Å². The average molecular weight is 223 g/mol. The lowest BCUT2D eigenvalue weighted by molar-refractivity contribution is 0.449. The molecule has 1 aromatic rings. The molecule has 0 radical (unpaired) electrons. The Hall–Kier alpha value is -1.09. The molecule has 0 N–H and O–H groups in total. The molecule has 0 spiro atoms. The van der Waals surface area contributed by atoms with Crippen molar-refractivity contribution in [3.8, 4) is 5.75 Å². The molecule has 0 aliphatic heterocycles. The van der Waals surface area contributed by atoms with Gasteiger partial charge in [-0.1, -0.05) is 25.5 Å². The van der Waals surface area contributed by atoms with E-state index in [9.17, 15) is 0 Å². The van der Waals surface area contributed by atoms with E-state index in [1.165, 1.54) is 5.56 Å². The van der Waals surface area contributed by atoms with Crippen LogP contribution in [0.15, 0.2) is 24.3 Å². The van der Waals surface area contributed by atoms with Gasteiger partial charge in [0, 0.05) is 14.1 Å². The fourth-order valence-electron chi connectivity index (χ4n) is 1.25. The van der Waals surface area contributed by atoms with Crippen LogP contribution in [0.5, 0.6) is 5.75 Å². The molecular weight excluding hydrogens is 206 g/mol. The molecular formula is C12H17NOS. The van der Waals surface area contributed by atoms with Gasteiger partial charge in [0.15, 0.2) is 0 Å². The summed E-state index contributed by atoms with van der Waals surface area (Å²) in [6.07, 6.45) is 2.22. The van der Waals surface area contributed by atoms with Crippen LogP contribution in [-0.2, 0) is 6.42 Å². The highest BCUT2D eigenvalue weighted by molar-refractivity contribution is 7.80. The zero-order chi connectivity index (χ0) is 11.3. The molecule has 1 aromatic carbocycles. The minimum Gasteiger partial charge on any atom is -0.432 e. The van der Waals surface area contributed by atoms with E-state index in [2.05, 4.69) is 13.0 Å². The smallest absolute Gasteiger partial charge is 0.264 e. The van der Waals surface area contributed by atoms with Crippen LogP contribution in [0.4, 0.5) is 0 Å². The molecule has 0 atom stereocenters. The Bertz CT molecular complexity index is 336. The van der Waals surface area contributed by atoms with Crippen LogP contribution in [-0.4, -0.2) is 24.2 Å². The normalized spacial score (nSPS) is 9.80. The summed E-state index contributed by atoms with van der Waals surface area (Å²) >= 11 is 5.07. The number of hydrogen-bond acceptors (Lipinski definition) is 2. The molecule has 0 heterocycles.